The molecule has 180 valence electrons. The number of alkyl halides is 2. The number of aromatic nitrogens is 3. The summed E-state index contributed by atoms with van der Waals surface area (Å²) in [5.41, 5.74) is -1.29. The van der Waals surface area contributed by atoms with Gasteiger partial charge in [-0.15, -0.1) is 0 Å². The van der Waals surface area contributed by atoms with Gasteiger partial charge in [-0.05, 0) is 30.5 Å². The summed E-state index contributed by atoms with van der Waals surface area (Å²) in [5, 5.41) is 5.41. The molecule has 0 bridgehead atoms. The van der Waals surface area contributed by atoms with Gasteiger partial charge in [0.2, 0.25) is 10.0 Å². The van der Waals surface area contributed by atoms with E-state index in [1.54, 1.807) is 30.3 Å². The van der Waals surface area contributed by atoms with Crippen molar-refractivity contribution in [2.24, 2.45) is 0 Å². The van der Waals surface area contributed by atoms with Crippen LogP contribution in [0.5, 0.6) is 0 Å². The molecule has 0 radical (unpaired) electrons. The van der Waals surface area contributed by atoms with Crippen molar-refractivity contribution in [3.8, 4) is 0 Å². The lowest BCUT2D eigenvalue weighted by Gasteiger charge is -2.46. The zero-order chi connectivity index (χ0) is 24.1. The van der Waals surface area contributed by atoms with Crippen molar-refractivity contribution in [3.63, 3.8) is 0 Å². The Morgan fingerprint density at radius 1 is 1.09 bits per heavy atom. The normalized spacial score (nSPS) is 23.4. The lowest BCUT2D eigenvalue weighted by Crippen LogP contribution is -2.51. The zero-order valence-corrected chi connectivity index (χ0v) is 18.8. The fourth-order valence-corrected chi connectivity index (χ4v) is 7.13. The molecule has 1 aliphatic heterocycles. The summed E-state index contributed by atoms with van der Waals surface area (Å²) in [6.45, 7) is -0.164. The second kappa shape index (κ2) is 8.16. The molecule has 1 aliphatic carbocycles. The summed E-state index contributed by atoms with van der Waals surface area (Å²) < 4.78 is 85.7. The van der Waals surface area contributed by atoms with E-state index in [-0.39, 0.29) is 30.0 Å². The van der Waals surface area contributed by atoms with Gasteiger partial charge in [-0.1, -0.05) is 30.3 Å². The first kappa shape index (κ1) is 23.0. The molecule has 2 fully saturated rings. The minimum absolute atomic E-state index is 0.0359. The number of H-pyrrole nitrogens is 1. The SMILES string of the molecule is O=S1(=O)[C@@H](c2ccccc2)CCCN1Cc1cc(F)c(C2(c3ncn[nH]3)CC(F)(F)C2)cc1F. The molecule has 0 spiro atoms. The summed E-state index contributed by atoms with van der Waals surface area (Å²) in [7, 11) is -3.81. The van der Waals surface area contributed by atoms with Crippen molar-refractivity contribution in [2.75, 3.05) is 6.54 Å². The molecular formula is C23H22F4N4O2S. The highest BCUT2D eigenvalue weighted by atomic mass is 32.2. The average Bonchev–Trinajstić information content (AvgIpc) is 3.31. The van der Waals surface area contributed by atoms with E-state index in [1.807, 2.05) is 0 Å². The Morgan fingerprint density at radius 2 is 1.82 bits per heavy atom. The van der Waals surface area contributed by atoms with E-state index >= 15 is 8.78 Å². The molecule has 34 heavy (non-hydrogen) atoms. The Labute approximate surface area is 194 Å². The number of hydrogen-bond acceptors (Lipinski definition) is 4. The van der Waals surface area contributed by atoms with E-state index < -0.39 is 51.1 Å². The first-order chi connectivity index (χ1) is 16.1. The Morgan fingerprint density at radius 3 is 2.47 bits per heavy atom. The van der Waals surface area contributed by atoms with Crippen LogP contribution in [0.2, 0.25) is 0 Å². The highest BCUT2D eigenvalue weighted by molar-refractivity contribution is 7.89. The van der Waals surface area contributed by atoms with Crippen LogP contribution in [0.1, 0.15) is 53.4 Å². The smallest absolute Gasteiger partial charge is 0.250 e. The quantitative estimate of drug-likeness (QED) is 0.531. The third-order valence-electron chi connectivity index (χ3n) is 6.75. The van der Waals surface area contributed by atoms with Gasteiger partial charge in [0.25, 0.3) is 5.92 Å². The summed E-state index contributed by atoms with van der Waals surface area (Å²) in [6, 6.07) is 10.6. The van der Waals surface area contributed by atoms with Crippen molar-refractivity contribution in [2.45, 2.75) is 48.8 Å². The predicted molar refractivity (Wildman–Crippen MR) is 115 cm³/mol. The van der Waals surface area contributed by atoms with Crippen LogP contribution in [0.4, 0.5) is 17.6 Å². The maximum atomic E-state index is 15.2. The number of aromatic amines is 1. The highest BCUT2D eigenvalue weighted by Gasteiger charge is 2.61. The Kier molecular flexibility index (Phi) is 5.51. The van der Waals surface area contributed by atoms with Crippen LogP contribution in [0.3, 0.4) is 0 Å². The van der Waals surface area contributed by atoms with Crippen LogP contribution in [0.15, 0.2) is 48.8 Å². The van der Waals surface area contributed by atoms with Gasteiger partial charge < -0.3 is 0 Å². The molecular weight excluding hydrogens is 472 g/mol. The number of sulfonamides is 1. The van der Waals surface area contributed by atoms with Gasteiger partial charge >= 0.3 is 0 Å². The van der Waals surface area contributed by atoms with Crippen LogP contribution >= 0.6 is 0 Å². The molecule has 3 aromatic rings. The van der Waals surface area contributed by atoms with E-state index in [1.165, 1.54) is 0 Å². The summed E-state index contributed by atoms with van der Waals surface area (Å²) >= 11 is 0. The van der Waals surface area contributed by atoms with E-state index in [0.717, 1.165) is 22.8 Å². The fraction of sp³-hybridized carbons (Fsp3) is 0.391. The van der Waals surface area contributed by atoms with Crippen LogP contribution in [0.25, 0.3) is 0 Å². The molecule has 1 saturated heterocycles. The van der Waals surface area contributed by atoms with Crippen molar-refractivity contribution in [1.29, 1.82) is 0 Å². The van der Waals surface area contributed by atoms with E-state index in [2.05, 4.69) is 15.2 Å². The number of nitrogens with zero attached hydrogens (tertiary/aromatic N) is 3. The minimum atomic E-state index is -3.81. The number of nitrogens with one attached hydrogen (secondary N) is 1. The second-order valence-electron chi connectivity index (χ2n) is 8.97. The zero-order valence-electron chi connectivity index (χ0n) is 18.0. The van der Waals surface area contributed by atoms with Gasteiger partial charge in [-0.2, -0.15) is 9.40 Å². The molecule has 2 aliphatic rings. The van der Waals surface area contributed by atoms with Crippen LogP contribution in [-0.2, 0) is 22.0 Å². The predicted octanol–water partition coefficient (Wildman–Crippen LogP) is 4.47. The standard InChI is InChI=1S/C23H22F4N4O2S/c24-18-10-17(22(12-23(26,27)13-22)21-28-14-29-30-21)19(25)9-16(18)11-31-8-4-7-20(34(31,32)33)15-5-2-1-3-6-15/h1-3,5-6,9-10,14,20H,4,7-8,11-13H2,(H,28,29,30)/t20-/m1/s1. The monoisotopic (exact) mass is 494 g/mol. The third kappa shape index (κ3) is 3.80. The van der Waals surface area contributed by atoms with Gasteiger partial charge in [0, 0.05) is 37.1 Å². The molecule has 5 rings (SSSR count). The van der Waals surface area contributed by atoms with Gasteiger partial charge in [0.15, 0.2) is 0 Å². The highest BCUT2D eigenvalue weighted by Crippen LogP contribution is 2.56. The fourth-order valence-electron chi connectivity index (χ4n) is 5.10. The maximum absolute atomic E-state index is 15.2. The van der Waals surface area contributed by atoms with Gasteiger partial charge in [0.05, 0.1) is 5.41 Å². The lowest BCUT2D eigenvalue weighted by atomic mass is 9.61. The number of benzene rings is 2. The molecule has 11 heteroatoms. The molecule has 0 amide bonds. The minimum Gasteiger partial charge on any atom is -0.263 e. The van der Waals surface area contributed by atoms with Crippen molar-refractivity contribution in [1.82, 2.24) is 19.5 Å². The third-order valence-corrected chi connectivity index (χ3v) is 9.01. The molecule has 2 aromatic carbocycles. The number of rotatable bonds is 5. The average molecular weight is 495 g/mol. The van der Waals surface area contributed by atoms with Gasteiger partial charge in [-0.3, -0.25) is 5.10 Å². The summed E-state index contributed by atoms with van der Waals surface area (Å²) in [6.07, 6.45) is 0.673. The largest absolute Gasteiger partial charge is 0.263 e. The van der Waals surface area contributed by atoms with Crippen LogP contribution in [-0.4, -0.2) is 40.4 Å². The molecule has 1 saturated carbocycles. The molecule has 1 aromatic heterocycles. The lowest BCUT2D eigenvalue weighted by molar-refractivity contribution is -0.116. The molecule has 0 unspecified atom stereocenters. The van der Waals surface area contributed by atoms with Crippen molar-refractivity contribution in [3.05, 3.63) is 82.9 Å². The molecule has 1 N–H and O–H groups in total. The maximum Gasteiger partial charge on any atom is 0.250 e. The van der Waals surface area contributed by atoms with E-state index in [9.17, 15) is 17.2 Å². The first-order valence-electron chi connectivity index (χ1n) is 10.9. The van der Waals surface area contributed by atoms with Gasteiger partial charge in [-0.25, -0.2) is 31.0 Å². The van der Waals surface area contributed by atoms with Crippen molar-refractivity contribution < 1.29 is 26.0 Å². The topological polar surface area (TPSA) is 79.0 Å². The molecule has 2 heterocycles. The second-order valence-corrected chi connectivity index (χ2v) is 11.1. The van der Waals surface area contributed by atoms with Crippen LogP contribution < -0.4 is 0 Å². The van der Waals surface area contributed by atoms with Gasteiger partial charge in [0.1, 0.15) is 29.0 Å². The first-order valence-corrected chi connectivity index (χ1v) is 12.4. The molecule has 6 nitrogen and oxygen atoms in total. The number of hydrogen-bond donors (Lipinski definition) is 1. The number of halogens is 4. The summed E-state index contributed by atoms with van der Waals surface area (Å²) in [4.78, 5) is 3.92. The molecule has 1 atom stereocenters. The van der Waals surface area contributed by atoms with E-state index in [4.69, 9.17) is 0 Å². The van der Waals surface area contributed by atoms with Crippen molar-refractivity contribution >= 4 is 10.0 Å². The van der Waals surface area contributed by atoms with E-state index in [0.29, 0.717) is 18.4 Å². The Bertz CT molecular complexity index is 1290. The Balaban J connectivity index is 1.46. The Hall–Kier alpha value is -2.79. The summed E-state index contributed by atoms with van der Waals surface area (Å²) in [5.74, 6) is -4.75. The van der Waals surface area contributed by atoms with Crippen LogP contribution in [0, 0.1) is 11.6 Å².